The summed E-state index contributed by atoms with van der Waals surface area (Å²) in [7, 11) is 0. The van der Waals surface area contributed by atoms with Crippen molar-refractivity contribution in [3.63, 3.8) is 0 Å². The molecule has 0 heterocycles. The van der Waals surface area contributed by atoms with Crippen molar-refractivity contribution < 1.29 is 4.79 Å². The summed E-state index contributed by atoms with van der Waals surface area (Å²) in [5, 5.41) is 2.92. The van der Waals surface area contributed by atoms with Crippen LogP contribution in [-0.4, -0.2) is 18.5 Å². The predicted molar refractivity (Wildman–Crippen MR) is 84.4 cm³/mol. The Morgan fingerprint density at radius 1 is 1.15 bits per heavy atom. The van der Waals surface area contributed by atoms with Crippen LogP contribution in [0.5, 0.6) is 0 Å². The topological polar surface area (TPSA) is 55.1 Å². The Hall–Kier alpha value is -1.35. The van der Waals surface area contributed by atoms with Crippen LogP contribution in [0.2, 0.25) is 0 Å². The van der Waals surface area contributed by atoms with Gasteiger partial charge >= 0.3 is 0 Å². The van der Waals surface area contributed by atoms with E-state index >= 15 is 0 Å². The minimum absolute atomic E-state index is 0.0123. The predicted octanol–water partition coefficient (Wildman–Crippen LogP) is 2.89. The third-order valence-electron chi connectivity index (χ3n) is 3.35. The Kier molecular flexibility index (Phi) is 7.97. The molecule has 112 valence electrons. The van der Waals surface area contributed by atoms with Gasteiger partial charge in [-0.3, -0.25) is 4.79 Å². The maximum absolute atomic E-state index is 11.7. The number of hydrogen-bond acceptors (Lipinski definition) is 2. The van der Waals surface area contributed by atoms with Gasteiger partial charge in [-0.2, -0.15) is 0 Å². The minimum atomic E-state index is -0.362. The molecule has 0 spiro atoms. The van der Waals surface area contributed by atoms with Gasteiger partial charge in [-0.05, 0) is 37.2 Å². The van der Waals surface area contributed by atoms with Crippen molar-refractivity contribution in [2.24, 2.45) is 11.7 Å². The molecule has 3 nitrogen and oxygen atoms in total. The average Bonchev–Trinajstić information content (AvgIpc) is 2.42. The van der Waals surface area contributed by atoms with E-state index in [0.717, 1.165) is 38.6 Å². The van der Waals surface area contributed by atoms with Crippen LogP contribution in [0, 0.1) is 5.92 Å². The molecule has 1 atom stereocenters. The molecular formula is C17H28N2O. The van der Waals surface area contributed by atoms with Crippen molar-refractivity contribution in [1.29, 1.82) is 0 Å². The van der Waals surface area contributed by atoms with Crippen LogP contribution in [0.4, 0.5) is 0 Å². The number of hydrogen-bond donors (Lipinski definition) is 2. The van der Waals surface area contributed by atoms with Gasteiger partial charge in [-0.25, -0.2) is 0 Å². The van der Waals surface area contributed by atoms with Gasteiger partial charge in [0.2, 0.25) is 5.91 Å². The lowest BCUT2D eigenvalue weighted by molar-refractivity contribution is -0.122. The molecule has 0 unspecified atom stereocenters. The number of nitrogens with one attached hydrogen (secondary N) is 1. The monoisotopic (exact) mass is 276 g/mol. The Bertz CT molecular complexity index is 376. The number of amides is 1. The van der Waals surface area contributed by atoms with Gasteiger partial charge < -0.3 is 11.1 Å². The molecule has 0 saturated heterocycles. The van der Waals surface area contributed by atoms with Crippen LogP contribution >= 0.6 is 0 Å². The maximum atomic E-state index is 11.7. The van der Waals surface area contributed by atoms with Crippen LogP contribution in [0.3, 0.4) is 0 Å². The van der Waals surface area contributed by atoms with Crippen molar-refractivity contribution in [2.75, 3.05) is 6.54 Å². The van der Waals surface area contributed by atoms with E-state index in [-0.39, 0.29) is 11.9 Å². The van der Waals surface area contributed by atoms with Crippen molar-refractivity contribution in [1.82, 2.24) is 5.32 Å². The summed E-state index contributed by atoms with van der Waals surface area (Å²) in [5.74, 6) is 0.448. The zero-order chi connectivity index (χ0) is 14.8. The van der Waals surface area contributed by atoms with E-state index in [1.807, 2.05) is 6.07 Å². The largest absolute Gasteiger partial charge is 0.355 e. The maximum Gasteiger partial charge on any atom is 0.236 e. The Balaban J connectivity index is 2.03. The first kappa shape index (κ1) is 16.7. The van der Waals surface area contributed by atoms with Crippen molar-refractivity contribution in [2.45, 2.75) is 52.0 Å². The minimum Gasteiger partial charge on any atom is -0.355 e. The number of carbonyl (C=O) groups excluding carboxylic acids is 1. The lowest BCUT2D eigenvalue weighted by Crippen LogP contribution is -2.41. The highest BCUT2D eigenvalue weighted by atomic mass is 16.2. The van der Waals surface area contributed by atoms with Crippen LogP contribution in [0.15, 0.2) is 30.3 Å². The lowest BCUT2D eigenvalue weighted by atomic mass is 10.0. The molecule has 0 aliphatic carbocycles. The van der Waals surface area contributed by atoms with Crippen molar-refractivity contribution >= 4 is 5.91 Å². The fourth-order valence-corrected chi connectivity index (χ4v) is 2.23. The van der Waals surface area contributed by atoms with E-state index in [2.05, 4.69) is 43.4 Å². The number of benzene rings is 1. The van der Waals surface area contributed by atoms with Crippen LogP contribution in [-0.2, 0) is 11.2 Å². The molecule has 20 heavy (non-hydrogen) atoms. The number of unbranched alkanes of at least 4 members (excludes halogenated alkanes) is 2. The van der Waals surface area contributed by atoms with E-state index in [9.17, 15) is 4.79 Å². The molecule has 1 amide bonds. The third kappa shape index (κ3) is 7.29. The molecule has 0 aliphatic heterocycles. The van der Waals surface area contributed by atoms with Gasteiger partial charge in [0, 0.05) is 6.54 Å². The zero-order valence-electron chi connectivity index (χ0n) is 12.8. The molecule has 0 aliphatic rings. The van der Waals surface area contributed by atoms with E-state index in [0.29, 0.717) is 5.92 Å². The standard InChI is InChI=1S/C17H28N2O/c1-14(2)13-16(18)17(20)19-12-8-4-7-11-15-9-5-3-6-10-15/h3,5-6,9-10,14,16H,4,7-8,11-13,18H2,1-2H3,(H,19,20)/t16-/m0/s1. The molecule has 1 rings (SSSR count). The van der Waals surface area contributed by atoms with Crippen LogP contribution in [0.1, 0.15) is 45.1 Å². The SMILES string of the molecule is CC(C)C[C@H](N)C(=O)NCCCCCc1ccccc1. The number of nitrogens with two attached hydrogens (primary N) is 1. The number of rotatable bonds is 9. The zero-order valence-corrected chi connectivity index (χ0v) is 12.8. The summed E-state index contributed by atoms with van der Waals surface area (Å²) in [6.07, 6.45) is 5.18. The first-order valence-corrected chi connectivity index (χ1v) is 7.67. The molecule has 3 heteroatoms. The number of aryl methyl sites for hydroxylation is 1. The molecular weight excluding hydrogens is 248 g/mol. The van der Waals surface area contributed by atoms with Gasteiger partial charge in [0.05, 0.1) is 6.04 Å². The van der Waals surface area contributed by atoms with Gasteiger partial charge in [-0.15, -0.1) is 0 Å². The molecule has 0 aromatic heterocycles. The molecule has 0 bridgehead atoms. The Labute approximate surface area is 122 Å². The summed E-state index contributed by atoms with van der Waals surface area (Å²) in [5.41, 5.74) is 7.21. The molecule has 0 fully saturated rings. The summed E-state index contributed by atoms with van der Waals surface area (Å²) in [6.45, 7) is 4.90. The van der Waals surface area contributed by atoms with E-state index in [4.69, 9.17) is 5.73 Å². The second-order valence-electron chi connectivity index (χ2n) is 5.82. The summed E-state index contributed by atoms with van der Waals surface area (Å²) in [4.78, 5) is 11.7. The third-order valence-corrected chi connectivity index (χ3v) is 3.35. The summed E-state index contributed by atoms with van der Waals surface area (Å²) in [6, 6.07) is 10.1. The van der Waals surface area contributed by atoms with Crippen LogP contribution in [0.25, 0.3) is 0 Å². The average molecular weight is 276 g/mol. The summed E-state index contributed by atoms with van der Waals surface area (Å²) >= 11 is 0. The summed E-state index contributed by atoms with van der Waals surface area (Å²) < 4.78 is 0. The molecule has 0 radical (unpaired) electrons. The fourth-order valence-electron chi connectivity index (χ4n) is 2.23. The van der Waals surface area contributed by atoms with Gasteiger partial charge in [0.15, 0.2) is 0 Å². The highest BCUT2D eigenvalue weighted by molar-refractivity contribution is 5.81. The smallest absolute Gasteiger partial charge is 0.236 e. The highest BCUT2D eigenvalue weighted by Gasteiger charge is 2.13. The normalized spacial score (nSPS) is 12.4. The second kappa shape index (κ2) is 9.54. The molecule has 0 saturated carbocycles. The lowest BCUT2D eigenvalue weighted by Gasteiger charge is -2.14. The van der Waals surface area contributed by atoms with Gasteiger partial charge in [0.25, 0.3) is 0 Å². The fraction of sp³-hybridized carbons (Fsp3) is 0.588. The first-order valence-electron chi connectivity index (χ1n) is 7.67. The molecule has 3 N–H and O–H groups in total. The van der Waals surface area contributed by atoms with Crippen molar-refractivity contribution in [3.8, 4) is 0 Å². The van der Waals surface area contributed by atoms with Gasteiger partial charge in [-0.1, -0.05) is 50.6 Å². The van der Waals surface area contributed by atoms with Gasteiger partial charge in [0.1, 0.15) is 0 Å². The Morgan fingerprint density at radius 3 is 2.50 bits per heavy atom. The Morgan fingerprint density at radius 2 is 1.85 bits per heavy atom. The van der Waals surface area contributed by atoms with Crippen LogP contribution < -0.4 is 11.1 Å². The first-order chi connectivity index (χ1) is 9.59. The molecule has 1 aromatic rings. The second-order valence-corrected chi connectivity index (χ2v) is 5.82. The quantitative estimate of drug-likeness (QED) is 0.681. The highest BCUT2D eigenvalue weighted by Crippen LogP contribution is 2.06. The van der Waals surface area contributed by atoms with E-state index < -0.39 is 0 Å². The van der Waals surface area contributed by atoms with E-state index in [1.54, 1.807) is 0 Å². The molecule has 1 aromatic carbocycles. The van der Waals surface area contributed by atoms with E-state index in [1.165, 1.54) is 5.56 Å². The number of carbonyl (C=O) groups is 1. The van der Waals surface area contributed by atoms with Crippen molar-refractivity contribution in [3.05, 3.63) is 35.9 Å².